The molecule has 1 fully saturated rings. The van der Waals surface area contributed by atoms with E-state index in [1.165, 1.54) is 0 Å². The van der Waals surface area contributed by atoms with Gasteiger partial charge in [0.25, 0.3) is 0 Å². The number of aryl methyl sites for hydroxylation is 1. The summed E-state index contributed by atoms with van der Waals surface area (Å²) in [4.78, 5) is 0. The van der Waals surface area contributed by atoms with Crippen molar-refractivity contribution in [3.05, 3.63) is 23.0 Å². The standard InChI is InChI=1S/C12H16FNO2/c1-7-5-8(6-9-3-2-4-14-9)10(13)12(16)11(7)15/h5,9,14-16H,2-4,6H2,1H3. The summed E-state index contributed by atoms with van der Waals surface area (Å²) in [7, 11) is 0. The van der Waals surface area contributed by atoms with Crippen LogP contribution in [0.15, 0.2) is 6.07 Å². The van der Waals surface area contributed by atoms with Gasteiger partial charge in [0.2, 0.25) is 0 Å². The molecule has 1 unspecified atom stereocenters. The van der Waals surface area contributed by atoms with Crippen LogP contribution in [0.2, 0.25) is 0 Å². The molecule has 2 rings (SSSR count). The zero-order valence-electron chi connectivity index (χ0n) is 9.26. The Hall–Kier alpha value is -1.29. The average Bonchev–Trinajstić information content (AvgIpc) is 2.76. The molecule has 1 aromatic carbocycles. The topological polar surface area (TPSA) is 52.5 Å². The van der Waals surface area contributed by atoms with Crippen molar-refractivity contribution < 1.29 is 14.6 Å². The van der Waals surface area contributed by atoms with E-state index in [4.69, 9.17) is 0 Å². The van der Waals surface area contributed by atoms with E-state index in [0.29, 0.717) is 17.5 Å². The molecule has 1 heterocycles. The maximum Gasteiger partial charge on any atom is 0.194 e. The Labute approximate surface area is 93.9 Å². The van der Waals surface area contributed by atoms with Gasteiger partial charge in [0.1, 0.15) is 0 Å². The third-order valence-corrected chi connectivity index (χ3v) is 3.11. The van der Waals surface area contributed by atoms with Crippen LogP contribution < -0.4 is 5.32 Å². The fraction of sp³-hybridized carbons (Fsp3) is 0.500. The van der Waals surface area contributed by atoms with E-state index in [0.717, 1.165) is 19.4 Å². The van der Waals surface area contributed by atoms with E-state index < -0.39 is 11.6 Å². The third kappa shape index (κ3) is 1.97. The Balaban J connectivity index is 2.26. The van der Waals surface area contributed by atoms with Gasteiger partial charge in [0, 0.05) is 6.04 Å². The Morgan fingerprint density at radius 2 is 2.19 bits per heavy atom. The van der Waals surface area contributed by atoms with Gasteiger partial charge in [-0.3, -0.25) is 0 Å². The summed E-state index contributed by atoms with van der Waals surface area (Å²) in [5, 5.41) is 22.0. The number of hydrogen-bond acceptors (Lipinski definition) is 3. The van der Waals surface area contributed by atoms with Crippen LogP contribution in [-0.4, -0.2) is 22.8 Å². The highest BCUT2D eigenvalue weighted by Gasteiger charge is 2.20. The second-order valence-corrected chi connectivity index (χ2v) is 4.36. The molecule has 1 atom stereocenters. The molecule has 1 aromatic rings. The van der Waals surface area contributed by atoms with Crippen LogP contribution in [0.25, 0.3) is 0 Å². The highest BCUT2D eigenvalue weighted by Crippen LogP contribution is 2.34. The van der Waals surface area contributed by atoms with E-state index in [-0.39, 0.29) is 11.8 Å². The number of nitrogens with one attached hydrogen (secondary N) is 1. The molecule has 0 aliphatic carbocycles. The Morgan fingerprint density at radius 1 is 1.44 bits per heavy atom. The van der Waals surface area contributed by atoms with Crippen molar-refractivity contribution in [3.63, 3.8) is 0 Å². The highest BCUT2D eigenvalue weighted by atomic mass is 19.1. The quantitative estimate of drug-likeness (QED) is 0.673. The molecule has 16 heavy (non-hydrogen) atoms. The van der Waals surface area contributed by atoms with Gasteiger partial charge >= 0.3 is 0 Å². The predicted molar refractivity (Wildman–Crippen MR) is 59.2 cm³/mol. The van der Waals surface area contributed by atoms with Gasteiger partial charge in [0.15, 0.2) is 17.3 Å². The van der Waals surface area contributed by atoms with Crippen molar-refractivity contribution in [2.45, 2.75) is 32.2 Å². The number of halogens is 1. The van der Waals surface area contributed by atoms with Crippen molar-refractivity contribution in [3.8, 4) is 11.5 Å². The van der Waals surface area contributed by atoms with Crippen LogP contribution in [0.5, 0.6) is 11.5 Å². The summed E-state index contributed by atoms with van der Waals surface area (Å²) in [6.45, 7) is 2.62. The third-order valence-electron chi connectivity index (χ3n) is 3.11. The first-order valence-electron chi connectivity index (χ1n) is 5.53. The number of phenols is 2. The van der Waals surface area contributed by atoms with Gasteiger partial charge in [-0.2, -0.15) is 0 Å². The summed E-state index contributed by atoms with van der Waals surface area (Å²) in [6.07, 6.45) is 2.69. The Kier molecular flexibility index (Phi) is 3.01. The summed E-state index contributed by atoms with van der Waals surface area (Å²) < 4.78 is 13.7. The van der Waals surface area contributed by atoms with Gasteiger partial charge in [0.05, 0.1) is 0 Å². The summed E-state index contributed by atoms with van der Waals surface area (Å²) >= 11 is 0. The minimum atomic E-state index is -0.697. The summed E-state index contributed by atoms with van der Waals surface area (Å²) in [6, 6.07) is 1.88. The van der Waals surface area contributed by atoms with E-state index in [1.807, 2.05) is 0 Å². The first-order chi connectivity index (χ1) is 7.59. The maximum atomic E-state index is 13.7. The van der Waals surface area contributed by atoms with Crippen LogP contribution in [0, 0.1) is 12.7 Å². The SMILES string of the molecule is Cc1cc(CC2CCCN2)c(F)c(O)c1O. The molecule has 88 valence electrons. The monoisotopic (exact) mass is 225 g/mol. The molecule has 4 heteroatoms. The van der Waals surface area contributed by atoms with E-state index in [9.17, 15) is 14.6 Å². The van der Waals surface area contributed by atoms with Crippen LogP contribution >= 0.6 is 0 Å². The lowest BCUT2D eigenvalue weighted by Crippen LogP contribution is -2.24. The number of hydrogen-bond donors (Lipinski definition) is 3. The predicted octanol–water partition coefficient (Wildman–Crippen LogP) is 1.84. The van der Waals surface area contributed by atoms with Crippen LogP contribution in [0.3, 0.4) is 0 Å². The van der Waals surface area contributed by atoms with E-state index >= 15 is 0 Å². The molecule has 3 N–H and O–H groups in total. The highest BCUT2D eigenvalue weighted by molar-refractivity contribution is 5.48. The van der Waals surface area contributed by atoms with Crippen molar-refractivity contribution in [1.82, 2.24) is 5.32 Å². The van der Waals surface area contributed by atoms with Gasteiger partial charge in [-0.15, -0.1) is 0 Å². The average molecular weight is 225 g/mol. The van der Waals surface area contributed by atoms with Gasteiger partial charge in [-0.25, -0.2) is 4.39 Å². The molecular weight excluding hydrogens is 209 g/mol. The van der Waals surface area contributed by atoms with Crippen molar-refractivity contribution >= 4 is 0 Å². The molecule has 0 amide bonds. The van der Waals surface area contributed by atoms with Crippen molar-refractivity contribution in [2.24, 2.45) is 0 Å². The lowest BCUT2D eigenvalue weighted by Gasteiger charge is -2.13. The minimum Gasteiger partial charge on any atom is -0.504 e. The van der Waals surface area contributed by atoms with Gasteiger partial charge < -0.3 is 15.5 Å². The number of rotatable bonds is 2. The second kappa shape index (κ2) is 4.29. The fourth-order valence-electron chi connectivity index (χ4n) is 2.18. The number of benzene rings is 1. The molecule has 1 aliphatic heterocycles. The summed E-state index contributed by atoms with van der Waals surface area (Å²) in [5.74, 6) is -1.69. The van der Waals surface area contributed by atoms with Crippen molar-refractivity contribution in [1.29, 1.82) is 0 Å². The molecule has 0 spiro atoms. The minimum absolute atomic E-state index is 0.276. The Morgan fingerprint density at radius 3 is 2.81 bits per heavy atom. The molecule has 3 nitrogen and oxygen atoms in total. The van der Waals surface area contributed by atoms with Crippen molar-refractivity contribution in [2.75, 3.05) is 6.54 Å². The van der Waals surface area contributed by atoms with Gasteiger partial charge in [-0.1, -0.05) is 0 Å². The molecular formula is C12H16FNO2. The lowest BCUT2D eigenvalue weighted by atomic mass is 10.0. The van der Waals surface area contributed by atoms with Crippen LogP contribution in [0.4, 0.5) is 4.39 Å². The molecule has 0 radical (unpaired) electrons. The zero-order valence-corrected chi connectivity index (χ0v) is 9.26. The fourth-order valence-corrected chi connectivity index (χ4v) is 2.18. The molecule has 0 bridgehead atoms. The normalized spacial score (nSPS) is 20.2. The van der Waals surface area contributed by atoms with Crippen LogP contribution in [-0.2, 0) is 6.42 Å². The maximum absolute atomic E-state index is 13.7. The lowest BCUT2D eigenvalue weighted by molar-refractivity contribution is 0.373. The number of phenolic OH excluding ortho intramolecular Hbond substituents is 2. The zero-order chi connectivity index (χ0) is 11.7. The summed E-state index contributed by atoms with van der Waals surface area (Å²) in [5.41, 5.74) is 0.971. The molecule has 0 saturated carbocycles. The Bertz CT molecular complexity index is 400. The largest absolute Gasteiger partial charge is 0.504 e. The van der Waals surface area contributed by atoms with Gasteiger partial charge in [-0.05, 0) is 49.9 Å². The first kappa shape index (κ1) is 11.2. The molecule has 0 aromatic heterocycles. The smallest absolute Gasteiger partial charge is 0.194 e. The second-order valence-electron chi connectivity index (χ2n) is 4.36. The molecule has 1 saturated heterocycles. The van der Waals surface area contributed by atoms with E-state index in [1.54, 1.807) is 13.0 Å². The molecule has 1 aliphatic rings. The first-order valence-corrected chi connectivity index (χ1v) is 5.53. The van der Waals surface area contributed by atoms with E-state index in [2.05, 4.69) is 5.32 Å². The number of aromatic hydroxyl groups is 2. The van der Waals surface area contributed by atoms with Crippen LogP contribution in [0.1, 0.15) is 24.0 Å².